The Hall–Kier alpha value is -3.22. The number of primary amides is 1. The van der Waals surface area contributed by atoms with Gasteiger partial charge < -0.3 is 25.6 Å². The maximum atomic E-state index is 12.6. The minimum Gasteiger partial charge on any atom is -0.494 e. The van der Waals surface area contributed by atoms with E-state index in [0.29, 0.717) is 25.3 Å². The number of benzene rings is 2. The molecule has 0 spiro atoms. The highest BCUT2D eigenvalue weighted by molar-refractivity contribution is 5.93. The Morgan fingerprint density at radius 3 is 2.36 bits per heavy atom. The summed E-state index contributed by atoms with van der Waals surface area (Å²) in [4.78, 5) is 27.8. The molecule has 3 rings (SSSR count). The molecule has 0 aliphatic carbocycles. The first kappa shape index (κ1) is 19.5. The first-order valence-corrected chi connectivity index (χ1v) is 9.42. The lowest BCUT2D eigenvalue weighted by Crippen LogP contribution is -2.50. The first-order chi connectivity index (χ1) is 13.5. The van der Waals surface area contributed by atoms with Crippen molar-refractivity contribution in [3.8, 4) is 5.75 Å². The molecule has 7 heteroatoms. The highest BCUT2D eigenvalue weighted by atomic mass is 16.5. The number of amides is 3. The van der Waals surface area contributed by atoms with E-state index < -0.39 is 5.91 Å². The van der Waals surface area contributed by atoms with Crippen LogP contribution in [0.4, 0.5) is 16.2 Å². The quantitative estimate of drug-likeness (QED) is 0.832. The number of piperazine rings is 1. The van der Waals surface area contributed by atoms with Crippen LogP contribution in [-0.4, -0.2) is 49.6 Å². The predicted octanol–water partition coefficient (Wildman–Crippen LogP) is 2.85. The summed E-state index contributed by atoms with van der Waals surface area (Å²) in [5.41, 5.74) is 8.55. The molecule has 0 atom stereocenters. The molecule has 0 aromatic heterocycles. The van der Waals surface area contributed by atoms with Gasteiger partial charge in [0, 0.05) is 49.2 Å². The van der Waals surface area contributed by atoms with Crippen molar-refractivity contribution in [3.05, 3.63) is 53.6 Å². The molecule has 1 aliphatic heterocycles. The Morgan fingerprint density at radius 1 is 1.07 bits per heavy atom. The van der Waals surface area contributed by atoms with Crippen LogP contribution in [0.2, 0.25) is 0 Å². The average molecular weight is 382 g/mol. The van der Waals surface area contributed by atoms with Crippen LogP contribution in [0.3, 0.4) is 0 Å². The van der Waals surface area contributed by atoms with Gasteiger partial charge in [-0.05, 0) is 49.7 Å². The van der Waals surface area contributed by atoms with E-state index in [4.69, 9.17) is 10.5 Å². The Morgan fingerprint density at radius 2 is 1.75 bits per heavy atom. The fourth-order valence-electron chi connectivity index (χ4n) is 3.20. The number of hydrogen-bond donors (Lipinski definition) is 2. The van der Waals surface area contributed by atoms with Crippen molar-refractivity contribution in [2.45, 2.75) is 13.8 Å². The maximum Gasteiger partial charge on any atom is 0.321 e. The third-order valence-corrected chi connectivity index (χ3v) is 4.82. The van der Waals surface area contributed by atoms with Crippen molar-refractivity contribution >= 4 is 23.3 Å². The number of carbonyl (C=O) groups is 2. The van der Waals surface area contributed by atoms with Crippen molar-refractivity contribution in [2.24, 2.45) is 5.73 Å². The van der Waals surface area contributed by atoms with Crippen molar-refractivity contribution in [2.75, 3.05) is 43.0 Å². The molecule has 7 nitrogen and oxygen atoms in total. The minimum atomic E-state index is -0.434. The van der Waals surface area contributed by atoms with E-state index in [0.717, 1.165) is 35.8 Å². The molecule has 3 amide bonds. The van der Waals surface area contributed by atoms with Gasteiger partial charge in [-0.25, -0.2) is 4.79 Å². The molecule has 1 heterocycles. The van der Waals surface area contributed by atoms with Crippen LogP contribution in [0.5, 0.6) is 5.75 Å². The zero-order valence-electron chi connectivity index (χ0n) is 16.3. The van der Waals surface area contributed by atoms with Crippen LogP contribution in [0, 0.1) is 6.92 Å². The second-order valence-electron chi connectivity index (χ2n) is 6.73. The Kier molecular flexibility index (Phi) is 6.03. The molecule has 2 aromatic carbocycles. The van der Waals surface area contributed by atoms with E-state index >= 15 is 0 Å². The zero-order chi connectivity index (χ0) is 20.1. The third kappa shape index (κ3) is 4.54. The first-order valence-electron chi connectivity index (χ1n) is 9.42. The molecule has 3 N–H and O–H groups in total. The molecule has 2 aromatic rings. The van der Waals surface area contributed by atoms with E-state index in [9.17, 15) is 9.59 Å². The molecule has 1 saturated heterocycles. The smallest absolute Gasteiger partial charge is 0.321 e. The van der Waals surface area contributed by atoms with Gasteiger partial charge in [0.15, 0.2) is 0 Å². The fourth-order valence-corrected chi connectivity index (χ4v) is 3.20. The summed E-state index contributed by atoms with van der Waals surface area (Å²) in [5, 5.41) is 2.95. The maximum absolute atomic E-state index is 12.6. The predicted molar refractivity (Wildman–Crippen MR) is 110 cm³/mol. The van der Waals surface area contributed by atoms with E-state index in [-0.39, 0.29) is 6.03 Å². The number of nitrogens with zero attached hydrogens (tertiary/aromatic N) is 2. The van der Waals surface area contributed by atoms with Gasteiger partial charge in [0.05, 0.1) is 6.61 Å². The van der Waals surface area contributed by atoms with Gasteiger partial charge in [0.2, 0.25) is 5.91 Å². The van der Waals surface area contributed by atoms with Crippen molar-refractivity contribution in [1.82, 2.24) is 4.90 Å². The van der Waals surface area contributed by atoms with Gasteiger partial charge in [0.25, 0.3) is 0 Å². The summed E-state index contributed by atoms with van der Waals surface area (Å²) >= 11 is 0. The summed E-state index contributed by atoms with van der Waals surface area (Å²) in [7, 11) is 0. The minimum absolute atomic E-state index is 0.116. The van der Waals surface area contributed by atoms with E-state index in [1.54, 1.807) is 17.0 Å². The lowest BCUT2D eigenvalue weighted by molar-refractivity contribution is 0.1000. The van der Waals surface area contributed by atoms with Crippen molar-refractivity contribution < 1.29 is 14.3 Å². The lowest BCUT2D eigenvalue weighted by atomic mass is 10.1. The standard InChI is InChI=1S/C21H26N4O3/c1-3-28-19-14-17(7-4-15(19)2)23-21(27)25-12-10-24(11-13-25)18-8-5-16(6-9-18)20(22)26/h4-9,14H,3,10-13H2,1-2H3,(H2,22,26)(H,23,27). The molecule has 0 unspecified atom stereocenters. The molecular weight excluding hydrogens is 356 g/mol. The van der Waals surface area contributed by atoms with E-state index in [1.165, 1.54) is 0 Å². The second-order valence-corrected chi connectivity index (χ2v) is 6.73. The summed E-state index contributed by atoms with van der Waals surface area (Å²) in [6.45, 7) is 7.18. The molecule has 0 saturated carbocycles. The van der Waals surface area contributed by atoms with Crippen molar-refractivity contribution in [1.29, 1.82) is 0 Å². The van der Waals surface area contributed by atoms with Crippen LogP contribution in [0.15, 0.2) is 42.5 Å². The summed E-state index contributed by atoms with van der Waals surface area (Å²) in [5.74, 6) is 0.348. The molecular formula is C21H26N4O3. The number of aryl methyl sites for hydroxylation is 1. The topological polar surface area (TPSA) is 87.9 Å². The van der Waals surface area contributed by atoms with Gasteiger partial charge in [-0.2, -0.15) is 0 Å². The highest BCUT2D eigenvalue weighted by Crippen LogP contribution is 2.23. The molecule has 0 bridgehead atoms. The Balaban J connectivity index is 1.56. The summed E-state index contributed by atoms with van der Waals surface area (Å²) in [6, 6.07) is 12.8. The second kappa shape index (κ2) is 8.65. The Bertz CT molecular complexity index is 843. The van der Waals surface area contributed by atoms with E-state index in [1.807, 2.05) is 44.2 Å². The summed E-state index contributed by atoms with van der Waals surface area (Å²) in [6.07, 6.45) is 0. The third-order valence-electron chi connectivity index (χ3n) is 4.82. The van der Waals surface area contributed by atoms with E-state index in [2.05, 4.69) is 10.2 Å². The molecule has 1 fully saturated rings. The van der Waals surface area contributed by atoms with Crippen molar-refractivity contribution in [3.63, 3.8) is 0 Å². The van der Waals surface area contributed by atoms with Gasteiger partial charge in [0.1, 0.15) is 5.75 Å². The molecule has 148 valence electrons. The molecule has 1 aliphatic rings. The lowest BCUT2D eigenvalue weighted by Gasteiger charge is -2.36. The molecule has 28 heavy (non-hydrogen) atoms. The number of anilines is 2. The Labute approximate surface area is 165 Å². The number of nitrogens with two attached hydrogens (primary N) is 1. The number of nitrogens with one attached hydrogen (secondary N) is 1. The normalized spacial score (nSPS) is 13.9. The monoisotopic (exact) mass is 382 g/mol. The van der Waals surface area contributed by atoms with Crippen LogP contribution >= 0.6 is 0 Å². The number of ether oxygens (including phenoxy) is 1. The number of rotatable bonds is 5. The van der Waals surface area contributed by atoms with Crippen LogP contribution in [0.1, 0.15) is 22.8 Å². The number of carbonyl (C=O) groups excluding carboxylic acids is 2. The van der Waals surface area contributed by atoms with Gasteiger partial charge in [-0.1, -0.05) is 6.07 Å². The average Bonchev–Trinajstić information content (AvgIpc) is 2.71. The SMILES string of the molecule is CCOc1cc(NC(=O)N2CCN(c3ccc(C(N)=O)cc3)CC2)ccc1C. The largest absolute Gasteiger partial charge is 0.494 e. The number of hydrogen-bond acceptors (Lipinski definition) is 4. The van der Waals surface area contributed by atoms with Crippen LogP contribution in [0.25, 0.3) is 0 Å². The number of urea groups is 1. The van der Waals surface area contributed by atoms with Crippen LogP contribution in [-0.2, 0) is 0 Å². The van der Waals surface area contributed by atoms with Gasteiger partial charge in [-0.15, -0.1) is 0 Å². The fraction of sp³-hybridized carbons (Fsp3) is 0.333. The molecule has 0 radical (unpaired) electrons. The van der Waals surface area contributed by atoms with Crippen LogP contribution < -0.4 is 20.7 Å². The van der Waals surface area contributed by atoms with Gasteiger partial charge >= 0.3 is 6.03 Å². The summed E-state index contributed by atoms with van der Waals surface area (Å²) < 4.78 is 5.59. The highest BCUT2D eigenvalue weighted by Gasteiger charge is 2.21. The zero-order valence-corrected chi connectivity index (χ0v) is 16.3. The van der Waals surface area contributed by atoms with Gasteiger partial charge in [-0.3, -0.25) is 4.79 Å².